The second kappa shape index (κ2) is 7.04. The van der Waals surface area contributed by atoms with Gasteiger partial charge >= 0.3 is 0 Å². The number of pyridine rings is 1. The number of piperidine rings is 1. The maximum atomic E-state index is 13.0. The minimum absolute atomic E-state index is 0.140. The molecule has 0 bridgehead atoms. The van der Waals surface area contributed by atoms with Crippen LogP contribution in [-0.4, -0.2) is 38.4 Å². The predicted octanol–water partition coefficient (Wildman–Crippen LogP) is 4.17. The molecular formula is C23H26N4O. The van der Waals surface area contributed by atoms with Crippen LogP contribution in [0, 0.1) is 12.8 Å². The van der Waals surface area contributed by atoms with Gasteiger partial charge in [-0.3, -0.25) is 9.78 Å². The largest absolute Gasteiger partial charge is 0.339 e. The number of hydrogen-bond acceptors (Lipinski definition) is 3. The van der Waals surface area contributed by atoms with E-state index in [1.54, 1.807) is 6.20 Å². The fourth-order valence-corrected chi connectivity index (χ4v) is 4.35. The molecule has 2 aromatic heterocycles. The summed E-state index contributed by atoms with van der Waals surface area (Å²) < 4.78 is 2.43. The predicted molar refractivity (Wildman–Crippen MR) is 109 cm³/mol. The van der Waals surface area contributed by atoms with E-state index in [4.69, 9.17) is 0 Å². The molecule has 1 aliphatic heterocycles. The molecule has 0 N–H and O–H groups in total. The number of aromatic nitrogens is 3. The van der Waals surface area contributed by atoms with Gasteiger partial charge in [-0.1, -0.05) is 6.07 Å². The molecule has 1 aliphatic carbocycles. The van der Waals surface area contributed by atoms with Gasteiger partial charge < -0.3 is 9.47 Å². The van der Waals surface area contributed by atoms with Crippen molar-refractivity contribution in [1.82, 2.24) is 19.4 Å². The molecule has 0 unspecified atom stereocenters. The first-order chi connectivity index (χ1) is 13.7. The van der Waals surface area contributed by atoms with Crippen LogP contribution in [0.15, 0.2) is 42.7 Å². The maximum Gasteiger partial charge on any atom is 0.253 e. The van der Waals surface area contributed by atoms with Crippen LogP contribution < -0.4 is 0 Å². The van der Waals surface area contributed by atoms with Crippen molar-refractivity contribution in [1.29, 1.82) is 0 Å². The average Bonchev–Trinajstić information content (AvgIpc) is 3.52. The van der Waals surface area contributed by atoms with Crippen molar-refractivity contribution in [2.24, 2.45) is 5.92 Å². The van der Waals surface area contributed by atoms with Crippen LogP contribution in [0.4, 0.5) is 0 Å². The zero-order chi connectivity index (χ0) is 19.1. The molecule has 2 fully saturated rings. The van der Waals surface area contributed by atoms with Gasteiger partial charge in [0.05, 0.1) is 5.52 Å². The Kier molecular flexibility index (Phi) is 4.38. The second-order valence-electron chi connectivity index (χ2n) is 8.29. The number of carbonyl (C=O) groups is 1. The Bertz CT molecular complexity index is 1010. The highest BCUT2D eigenvalue weighted by Crippen LogP contribution is 2.40. The Morgan fingerprint density at radius 3 is 2.71 bits per heavy atom. The normalized spacial score (nSPS) is 18.0. The van der Waals surface area contributed by atoms with Gasteiger partial charge in [-0.05, 0) is 62.8 Å². The van der Waals surface area contributed by atoms with Crippen molar-refractivity contribution in [3.63, 3.8) is 0 Å². The lowest BCUT2D eigenvalue weighted by Gasteiger charge is -2.32. The van der Waals surface area contributed by atoms with Crippen LogP contribution in [-0.2, 0) is 6.54 Å². The van der Waals surface area contributed by atoms with Gasteiger partial charge in [-0.25, -0.2) is 4.98 Å². The van der Waals surface area contributed by atoms with E-state index in [0.29, 0.717) is 11.8 Å². The quantitative estimate of drug-likeness (QED) is 0.689. The molecule has 3 heterocycles. The van der Waals surface area contributed by atoms with Gasteiger partial charge in [-0.15, -0.1) is 0 Å². The van der Waals surface area contributed by atoms with Crippen LogP contribution in [0.2, 0.25) is 0 Å². The molecule has 3 aromatic rings. The summed E-state index contributed by atoms with van der Waals surface area (Å²) in [4.78, 5) is 24.0. The third kappa shape index (κ3) is 3.30. The Morgan fingerprint density at radius 2 is 1.93 bits per heavy atom. The van der Waals surface area contributed by atoms with Gasteiger partial charge in [-0.2, -0.15) is 0 Å². The van der Waals surface area contributed by atoms with E-state index < -0.39 is 0 Å². The average molecular weight is 374 g/mol. The number of hydrogen-bond donors (Lipinski definition) is 0. The highest BCUT2D eigenvalue weighted by molar-refractivity contribution is 5.97. The number of fused-ring (bicyclic) bond motifs is 1. The molecule has 1 saturated carbocycles. The molecule has 1 aromatic carbocycles. The molecule has 144 valence electrons. The van der Waals surface area contributed by atoms with E-state index in [2.05, 4.69) is 21.5 Å². The summed E-state index contributed by atoms with van der Waals surface area (Å²) in [6.45, 7) is 4.87. The highest BCUT2D eigenvalue weighted by Gasteiger charge is 2.30. The summed E-state index contributed by atoms with van der Waals surface area (Å²) in [5.74, 6) is 2.72. The summed E-state index contributed by atoms with van der Waals surface area (Å²) in [6, 6.07) is 9.73. The Balaban J connectivity index is 1.24. The molecule has 0 spiro atoms. The van der Waals surface area contributed by atoms with Gasteiger partial charge in [0.15, 0.2) is 0 Å². The molecule has 5 nitrogen and oxygen atoms in total. The standard InChI is InChI=1S/C23H26N4O/c1-16-14-25-22(18-4-5-18)27(16)15-17-8-11-26(12-9-17)23(28)20-6-7-21-19(13-20)3-2-10-24-21/h2-3,6-7,10,13-14,17-18H,4-5,8-9,11-12,15H2,1H3. The molecular weight excluding hydrogens is 348 g/mol. The summed E-state index contributed by atoms with van der Waals surface area (Å²) in [5, 5.41) is 1.02. The third-order valence-electron chi connectivity index (χ3n) is 6.22. The zero-order valence-electron chi connectivity index (χ0n) is 16.3. The topological polar surface area (TPSA) is 51.0 Å². The Morgan fingerprint density at radius 1 is 1.11 bits per heavy atom. The lowest BCUT2D eigenvalue weighted by atomic mass is 9.95. The first kappa shape index (κ1) is 17.4. The first-order valence-electron chi connectivity index (χ1n) is 10.3. The molecule has 0 atom stereocenters. The van der Waals surface area contributed by atoms with Crippen molar-refractivity contribution < 1.29 is 4.79 Å². The summed E-state index contributed by atoms with van der Waals surface area (Å²) in [7, 11) is 0. The van der Waals surface area contributed by atoms with Crippen LogP contribution >= 0.6 is 0 Å². The molecule has 28 heavy (non-hydrogen) atoms. The first-order valence-corrected chi connectivity index (χ1v) is 10.3. The van der Waals surface area contributed by atoms with Crippen LogP contribution in [0.1, 0.15) is 53.5 Å². The van der Waals surface area contributed by atoms with Gasteiger partial charge in [0, 0.05) is 54.6 Å². The molecule has 2 aliphatic rings. The second-order valence-corrected chi connectivity index (χ2v) is 8.29. The van der Waals surface area contributed by atoms with Crippen molar-refractivity contribution in [2.75, 3.05) is 13.1 Å². The molecule has 1 amide bonds. The molecule has 5 rings (SSSR count). The summed E-state index contributed by atoms with van der Waals surface area (Å²) in [6.07, 6.45) is 8.48. The highest BCUT2D eigenvalue weighted by atomic mass is 16.2. The van der Waals surface area contributed by atoms with E-state index in [1.165, 1.54) is 24.4 Å². The number of amides is 1. The molecule has 0 radical (unpaired) electrons. The monoisotopic (exact) mass is 374 g/mol. The Labute approximate surface area is 165 Å². The van der Waals surface area contributed by atoms with Crippen molar-refractivity contribution in [3.8, 4) is 0 Å². The SMILES string of the molecule is Cc1cnc(C2CC2)n1CC1CCN(C(=O)c2ccc3ncccc3c2)CC1. The van der Waals surface area contributed by atoms with E-state index in [9.17, 15) is 4.79 Å². The number of nitrogens with zero attached hydrogens (tertiary/aromatic N) is 4. The van der Waals surface area contributed by atoms with Crippen LogP contribution in [0.3, 0.4) is 0 Å². The fourth-order valence-electron chi connectivity index (χ4n) is 4.35. The van der Waals surface area contributed by atoms with Crippen molar-refractivity contribution in [2.45, 2.75) is 45.1 Å². The number of benzene rings is 1. The van der Waals surface area contributed by atoms with E-state index in [-0.39, 0.29) is 5.91 Å². The number of rotatable bonds is 4. The van der Waals surface area contributed by atoms with E-state index >= 15 is 0 Å². The minimum Gasteiger partial charge on any atom is -0.339 e. The lowest BCUT2D eigenvalue weighted by molar-refractivity contribution is 0.0682. The maximum absolute atomic E-state index is 13.0. The van der Waals surface area contributed by atoms with Gasteiger partial charge in [0.25, 0.3) is 5.91 Å². The van der Waals surface area contributed by atoms with E-state index in [1.807, 2.05) is 41.4 Å². The van der Waals surface area contributed by atoms with E-state index in [0.717, 1.165) is 48.9 Å². The number of carbonyl (C=O) groups excluding carboxylic acids is 1. The molecule has 1 saturated heterocycles. The van der Waals surface area contributed by atoms with Gasteiger partial charge in [0.1, 0.15) is 5.82 Å². The fraction of sp³-hybridized carbons (Fsp3) is 0.435. The smallest absolute Gasteiger partial charge is 0.253 e. The summed E-state index contributed by atoms with van der Waals surface area (Å²) >= 11 is 0. The van der Waals surface area contributed by atoms with Crippen LogP contribution in [0.25, 0.3) is 10.9 Å². The number of imidazole rings is 1. The van der Waals surface area contributed by atoms with Crippen molar-refractivity contribution >= 4 is 16.8 Å². The number of likely N-dealkylation sites (tertiary alicyclic amines) is 1. The van der Waals surface area contributed by atoms with Gasteiger partial charge in [0.2, 0.25) is 0 Å². The Hall–Kier alpha value is -2.69. The number of aryl methyl sites for hydroxylation is 1. The van der Waals surface area contributed by atoms with Crippen molar-refractivity contribution in [3.05, 3.63) is 59.8 Å². The minimum atomic E-state index is 0.140. The zero-order valence-corrected chi connectivity index (χ0v) is 16.3. The van der Waals surface area contributed by atoms with Crippen LogP contribution in [0.5, 0.6) is 0 Å². The summed E-state index contributed by atoms with van der Waals surface area (Å²) in [5.41, 5.74) is 2.96. The molecule has 5 heteroatoms. The lowest BCUT2D eigenvalue weighted by Crippen LogP contribution is -2.39. The third-order valence-corrected chi connectivity index (χ3v) is 6.22.